The fourth-order valence-electron chi connectivity index (χ4n) is 1.58. The van der Waals surface area contributed by atoms with Gasteiger partial charge in [0.25, 0.3) is 0 Å². The van der Waals surface area contributed by atoms with Crippen molar-refractivity contribution < 1.29 is 4.79 Å². The summed E-state index contributed by atoms with van der Waals surface area (Å²) in [6, 6.07) is 12.0. The van der Waals surface area contributed by atoms with E-state index < -0.39 is 0 Å². The highest BCUT2D eigenvalue weighted by Crippen LogP contribution is 2.08. The molecule has 88 valence electrons. The zero-order valence-electron chi connectivity index (χ0n) is 9.56. The van der Waals surface area contributed by atoms with Crippen LogP contribution in [0.2, 0.25) is 0 Å². The molecule has 2 nitrogen and oxygen atoms in total. The second-order valence-corrected chi connectivity index (χ2v) is 4.67. The van der Waals surface area contributed by atoms with E-state index in [0.29, 0.717) is 13.0 Å². The lowest BCUT2D eigenvalue weighted by Crippen LogP contribution is -2.22. The first-order chi connectivity index (χ1) is 8.34. The Morgan fingerprint density at radius 1 is 1.12 bits per heavy atom. The second kappa shape index (κ2) is 6.21. The maximum Gasteiger partial charge on any atom is 0.220 e. The summed E-state index contributed by atoms with van der Waals surface area (Å²) in [7, 11) is 0. The average Bonchev–Trinajstić information content (AvgIpc) is 2.88. The number of hydrogen-bond donors (Lipinski definition) is 1. The van der Waals surface area contributed by atoms with Gasteiger partial charge in [0.1, 0.15) is 0 Å². The third-order valence-corrected chi connectivity index (χ3v) is 3.29. The number of carbonyl (C=O) groups excluding carboxylic acids is 1. The van der Waals surface area contributed by atoms with Crippen molar-refractivity contribution in [3.63, 3.8) is 0 Å². The SMILES string of the molecule is O=C(CCc1ccsc1)NCc1ccccc1. The third kappa shape index (κ3) is 4.04. The minimum absolute atomic E-state index is 0.111. The van der Waals surface area contributed by atoms with Crippen molar-refractivity contribution in [2.24, 2.45) is 0 Å². The van der Waals surface area contributed by atoms with Crippen molar-refractivity contribution in [3.05, 3.63) is 58.3 Å². The van der Waals surface area contributed by atoms with Crippen molar-refractivity contribution in [2.45, 2.75) is 19.4 Å². The first-order valence-corrected chi connectivity index (χ1v) is 6.60. The monoisotopic (exact) mass is 245 g/mol. The van der Waals surface area contributed by atoms with Gasteiger partial charge >= 0.3 is 0 Å². The normalized spacial score (nSPS) is 10.1. The Hall–Kier alpha value is -1.61. The maximum atomic E-state index is 11.6. The second-order valence-electron chi connectivity index (χ2n) is 3.89. The quantitative estimate of drug-likeness (QED) is 0.862. The smallest absolute Gasteiger partial charge is 0.220 e. The van der Waals surface area contributed by atoms with Crippen molar-refractivity contribution in [1.29, 1.82) is 0 Å². The molecule has 0 aliphatic rings. The van der Waals surface area contributed by atoms with Crippen LogP contribution in [0, 0.1) is 0 Å². The zero-order valence-corrected chi connectivity index (χ0v) is 10.4. The highest BCUT2D eigenvalue weighted by molar-refractivity contribution is 7.07. The van der Waals surface area contributed by atoms with E-state index in [1.54, 1.807) is 11.3 Å². The molecule has 0 spiro atoms. The lowest BCUT2D eigenvalue weighted by atomic mass is 10.2. The highest BCUT2D eigenvalue weighted by Gasteiger charge is 2.02. The predicted octanol–water partition coefficient (Wildman–Crippen LogP) is 3.00. The summed E-state index contributed by atoms with van der Waals surface area (Å²) in [5.41, 5.74) is 2.38. The minimum Gasteiger partial charge on any atom is -0.352 e. The van der Waals surface area contributed by atoms with Gasteiger partial charge < -0.3 is 5.32 Å². The maximum absolute atomic E-state index is 11.6. The van der Waals surface area contributed by atoms with Crippen LogP contribution in [0.15, 0.2) is 47.2 Å². The molecule has 2 rings (SSSR count). The van der Waals surface area contributed by atoms with Gasteiger partial charge in [-0.3, -0.25) is 4.79 Å². The number of nitrogens with one attached hydrogen (secondary N) is 1. The summed E-state index contributed by atoms with van der Waals surface area (Å²) in [6.45, 7) is 0.614. The number of rotatable bonds is 5. The van der Waals surface area contributed by atoms with E-state index >= 15 is 0 Å². The molecule has 0 unspecified atom stereocenters. The van der Waals surface area contributed by atoms with E-state index in [2.05, 4.69) is 16.8 Å². The van der Waals surface area contributed by atoms with E-state index in [4.69, 9.17) is 0 Å². The van der Waals surface area contributed by atoms with Crippen LogP contribution in [-0.4, -0.2) is 5.91 Å². The molecule has 0 saturated heterocycles. The average molecular weight is 245 g/mol. The van der Waals surface area contributed by atoms with E-state index in [0.717, 1.165) is 12.0 Å². The minimum atomic E-state index is 0.111. The third-order valence-electron chi connectivity index (χ3n) is 2.55. The van der Waals surface area contributed by atoms with Gasteiger partial charge in [0.15, 0.2) is 0 Å². The van der Waals surface area contributed by atoms with Crippen molar-refractivity contribution in [2.75, 3.05) is 0 Å². The van der Waals surface area contributed by atoms with Gasteiger partial charge in [-0.15, -0.1) is 0 Å². The van der Waals surface area contributed by atoms with Crippen LogP contribution in [0.3, 0.4) is 0 Å². The summed E-state index contributed by atoms with van der Waals surface area (Å²) in [4.78, 5) is 11.6. The Kier molecular flexibility index (Phi) is 4.33. The predicted molar refractivity (Wildman–Crippen MR) is 70.9 cm³/mol. The molecule has 0 aliphatic carbocycles. The van der Waals surface area contributed by atoms with Crippen LogP contribution in [-0.2, 0) is 17.8 Å². The van der Waals surface area contributed by atoms with E-state index in [1.807, 2.05) is 35.7 Å². The summed E-state index contributed by atoms with van der Waals surface area (Å²) >= 11 is 1.67. The molecule has 1 amide bonds. The van der Waals surface area contributed by atoms with E-state index in [9.17, 15) is 4.79 Å². The zero-order chi connectivity index (χ0) is 11.9. The van der Waals surface area contributed by atoms with Gasteiger partial charge in [-0.25, -0.2) is 0 Å². The molecule has 0 radical (unpaired) electrons. The standard InChI is InChI=1S/C14H15NOS/c16-14(7-6-13-8-9-17-11-13)15-10-12-4-2-1-3-5-12/h1-5,8-9,11H,6-7,10H2,(H,15,16). The molecule has 0 atom stereocenters. The fourth-order valence-corrected chi connectivity index (χ4v) is 2.28. The molecular weight excluding hydrogens is 230 g/mol. The van der Waals surface area contributed by atoms with Crippen molar-refractivity contribution in [3.8, 4) is 0 Å². The van der Waals surface area contributed by atoms with Crippen molar-refractivity contribution in [1.82, 2.24) is 5.32 Å². The number of amides is 1. The van der Waals surface area contributed by atoms with E-state index in [-0.39, 0.29) is 5.91 Å². The van der Waals surface area contributed by atoms with Gasteiger partial charge in [0, 0.05) is 13.0 Å². The number of carbonyl (C=O) groups is 1. The molecule has 0 fully saturated rings. The number of thiophene rings is 1. The fraction of sp³-hybridized carbons (Fsp3) is 0.214. The van der Waals surface area contributed by atoms with Gasteiger partial charge in [0.05, 0.1) is 0 Å². The lowest BCUT2D eigenvalue weighted by molar-refractivity contribution is -0.121. The number of aryl methyl sites for hydroxylation is 1. The van der Waals surface area contributed by atoms with Crippen LogP contribution >= 0.6 is 11.3 Å². The Morgan fingerprint density at radius 2 is 1.94 bits per heavy atom. The van der Waals surface area contributed by atoms with Gasteiger partial charge in [0.2, 0.25) is 5.91 Å². The van der Waals surface area contributed by atoms with Crippen LogP contribution in [0.1, 0.15) is 17.5 Å². The molecule has 1 aromatic carbocycles. The van der Waals surface area contributed by atoms with Crippen LogP contribution in [0.4, 0.5) is 0 Å². The molecule has 1 heterocycles. The molecule has 3 heteroatoms. The molecular formula is C14H15NOS. The Bertz CT molecular complexity index is 450. The highest BCUT2D eigenvalue weighted by atomic mass is 32.1. The van der Waals surface area contributed by atoms with Gasteiger partial charge in [-0.05, 0) is 34.4 Å². The van der Waals surface area contributed by atoms with Crippen LogP contribution in [0.25, 0.3) is 0 Å². The summed E-state index contributed by atoms with van der Waals surface area (Å²) in [6.07, 6.45) is 1.38. The molecule has 0 saturated carbocycles. The topological polar surface area (TPSA) is 29.1 Å². The number of benzene rings is 1. The van der Waals surface area contributed by atoms with Gasteiger partial charge in [-0.2, -0.15) is 11.3 Å². The van der Waals surface area contributed by atoms with Gasteiger partial charge in [-0.1, -0.05) is 30.3 Å². The largest absolute Gasteiger partial charge is 0.352 e. The van der Waals surface area contributed by atoms with Crippen LogP contribution < -0.4 is 5.32 Å². The summed E-state index contributed by atoms with van der Waals surface area (Å²) in [5, 5.41) is 7.05. The molecule has 1 aromatic heterocycles. The van der Waals surface area contributed by atoms with Crippen molar-refractivity contribution >= 4 is 17.2 Å². The molecule has 1 N–H and O–H groups in total. The Morgan fingerprint density at radius 3 is 2.65 bits per heavy atom. The van der Waals surface area contributed by atoms with E-state index in [1.165, 1.54) is 5.56 Å². The molecule has 17 heavy (non-hydrogen) atoms. The molecule has 2 aromatic rings. The molecule has 0 bridgehead atoms. The number of hydrogen-bond acceptors (Lipinski definition) is 2. The lowest BCUT2D eigenvalue weighted by Gasteiger charge is -2.04. The summed E-state index contributed by atoms with van der Waals surface area (Å²) in [5.74, 6) is 0.111. The Labute approximate surface area is 105 Å². The van der Waals surface area contributed by atoms with Crippen LogP contribution in [0.5, 0.6) is 0 Å². The Balaban J connectivity index is 1.71. The molecule has 0 aliphatic heterocycles. The first kappa shape index (κ1) is 11.9. The first-order valence-electron chi connectivity index (χ1n) is 5.66. The summed E-state index contributed by atoms with van der Waals surface area (Å²) < 4.78 is 0.